The molecule has 0 aliphatic carbocycles. The van der Waals surface area contributed by atoms with Gasteiger partial charge in [-0.1, -0.05) is 15.9 Å². The molecule has 0 aliphatic heterocycles. The third-order valence-electron chi connectivity index (χ3n) is 0.651. The molecular formula is C5H9BrCl. The van der Waals surface area contributed by atoms with Crippen LogP contribution < -0.4 is 0 Å². The highest BCUT2D eigenvalue weighted by Crippen LogP contribution is 2.03. The van der Waals surface area contributed by atoms with Gasteiger partial charge in [0.05, 0.1) is 0 Å². The Bertz CT molecular complexity index is 37.1. The van der Waals surface area contributed by atoms with Crippen LogP contribution in [0.4, 0.5) is 0 Å². The van der Waals surface area contributed by atoms with Crippen LogP contribution in [0, 0.1) is 6.92 Å². The van der Waals surface area contributed by atoms with E-state index in [1.807, 2.05) is 0 Å². The van der Waals surface area contributed by atoms with Gasteiger partial charge in [0, 0.05) is 10.7 Å². The van der Waals surface area contributed by atoms with Gasteiger partial charge in [0.25, 0.3) is 0 Å². The fourth-order valence-electron chi connectivity index (χ4n) is 0.299. The summed E-state index contributed by atoms with van der Waals surface area (Å²) in [5.41, 5.74) is 0. The van der Waals surface area contributed by atoms with Crippen molar-refractivity contribution in [3.8, 4) is 0 Å². The highest BCUT2D eigenvalue weighted by Gasteiger charge is 1.92. The van der Waals surface area contributed by atoms with Crippen molar-refractivity contribution in [1.82, 2.24) is 0 Å². The van der Waals surface area contributed by atoms with Crippen LogP contribution >= 0.6 is 27.5 Å². The van der Waals surface area contributed by atoms with Crippen molar-refractivity contribution < 1.29 is 0 Å². The smallest absolute Gasteiger partial charge is 0.0336 e. The van der Waals surface area contributed by atoms with E-state index in [-0.39, 0.29) is 5.38 Å². The van der Waals surface area contributed by atoms with Gasteiger partial charge in [-0.05, 0) is 19.8 Å². The normalized spacial score (nSPS) is 14.1. The van der Waals surface area contributed by atoms with Gasteiger partial charge < -0.3 is 0 Å². The number of alkyl halides is 2. The molecule has 1 radical (unpaired) electrons. The van der Waals surface area contributed by atoms with Crippen molar-refractivity contribution in [2.45, 2.75) is 18.2 Å². The van der Waals surface area contributed by atoms with Crippen molar-refractivity contribution in [1.29, 1.82) is 0 Å². The summed E-state index contributed by atoms with van der Waals surface area (Å²) in [6.07, 6.45) is 2.13. The topological polar surface area (TPSA) is 0 Å². The Labute approximate surface area is 58.4 Å². The number of halogens is 2. The van der Waals surface area contributed by atoms with Gasteiger partial charge in [-0.15, -0.1) is 11.6 Å². The lowest BCUT2D eigenvalue weighted by atomic mass is 10.3. The predicted octanol–water partition coefficient (Wildman–Crippen LogP) is 2.60. The molecular weight excluding hydrogens is 175 g/mol. The average molecular weight is 184 g/mol. The van der Waals surface area contributed by atoms with Gasteiger partial charge in [0.2, 0.25) is 0 Å². The molecule has 0 heterocycles. The van der Waals surface area contributed by atoms with Gasteiger partial charge in [-0.3, -0.25) is 0 Å². The lowest BCUT2D eigenvalue weighted by Crippen LogP contribution is -1.89. The maximum Gasteiger partial charge on any atom is 0.0336 e. The molecule has 2 heteroatoms. The maximum atomic E-state index is 5.52. The van der Waals surface area contributed by atoms with E-state index in [0.29, 0.717) is 0 Å². The van der Waals surface area contributed by atoms with Crippen LogP contribution in [-0.2, 0) is 0 Å². The van der Waals surface area contributed by atoms with Crippen LogP contribution in [0.15, 0.2) is 0 Å². The SMILES string of the molecule is [CH2]C(Cl)CCCBr. The average Bonchev–Trinajstić information content (AvgIpc) is 1.61. The van der Waals surface area contributed by atoms with Crippen LogP contribution in [0.25, 0.3) is 0 Å². The molecule has 0 bridgehead atoms. The van der Waals surface area contributed by atoms with Crippen molar-refractivity contribution in [2.75, 3.05) is 5.33 Å². The quantitative estimate of drug-likeness (QED) is 0.592. The summed E-state index contributed by atoms with van der Waals surface area (Å²) in [5, 5.41) is 1.13. The van der Waals surface area contributed by atoms with E-state index in [1.165, 1.54) is 0 Å². The molecule has 0 saturated heterocycles. The summed E-state index contributed by atoms with van der Waals surface area (Å²) in [6, 6.07) is 0. The van der Waals surface area contributed by atoms with Crippen LogP contribution in [0.2, 0.25) is 0 Å². The van der Waals surface area contributed by atoms with Gasteiger partial charge in [-0.2, -0.15) is 0 Å². The second-order valence-corrected chi connectivity index (χ2v) is 2.84. The Morgan fingerprint density at radius 3 is 2.43 bits per heavy atom. The Kier molecular flexibility index (Phi) is 5.46. The van der Waals surface area contributed by atoms with Crippen LogP contribution in [0.5, 0.6) is 0 Å². The fourth-order valence-corrected chi connectivity index (χ4v) is 0.777. The first kappa shape index (κ1) is 7.77. The minimum Gasteiger partial charge on any atom is -0.123 e. The number of hydrogen-bond donors (Lipinski definition) is 0. The molecule has 0 spiro atoms. The summed E-state index contributed by atoms with van der Waals surface area (Å²) in [5.74, 6) is 0. The molecule has 0 N–H and O–H groups in total. The second-order valence-electron chi connectivity index (χ2n) is 1.43. The molecule has 0 aliphatic rings. The molecule has 0 nitrogen and oxygen atoms in total. The van der Waals surface area contributed by atoms with E-state index in [0.717, 1.165) is 18.2 Å². The van der Waals surface area contributed by atoms with Gasteiger partial charge >= 0.3 is 0 Å². The van der Waals surface area contributed by atoms with Crippen LogP contribution in [-0.4, -0.2) is 10.7 Å². The Hall–Kier alpha value is 0.770. The Morgan fingerprint density at radius 1 is 1.71 bits per heavy atom. The van der Waals surface area contributed by atoms with Crippen LogP contribution in [0.1, 0.15) is 12.8 Å². The Balaban J connectivity index is 2.68. The fraction of sp³-hybridized carbons (Fsp3) is 0.800. The van der Waals surface area contributed by atoms with Gasteiger partial charge in [0.1, 0.15) is 0 Å². The van der Waals surface area contributed by atoms with Crippen molar-refractivity contribution in [3.63, 3.8) is 0 Å². The molecule has 1 atom stereocenters. The first-order valence-electron chi connectivity index (χ1n) is 2.30. The molecule has 0 aromatic heterocycles. The zero-order chi connectivity index (χ0) is 5.70. The van der Waals surface area contributed by atoms with E-state index in [1.54, 1.807) is 0 Å². The third kappa shape index (κ3) is 6.77. The second kappa shape index (κ2) is 4.92. The molecule has 0 fully saturated rings. The van der Waals surface area contributed by atoms with E-state index >= 15 is 0 Å². The summed E-state index contributed by atoms with van der Waals surface area (Å²) >= 11 is 8.82. The standard InChI is InChI=1S/C5H9BrCl/c1-5(7)3-2-4-6/h5H,1-4H2. The molecule has 0 amide bonds. The molecule has 0 saturated carbocycles. The van der Waals surface area contributed by atoms with E-state index in [2.05, 4.69) is 22.9 Å². The van der Waals surface area contributed by atoms with E-state index in [4.69, 9.17) is 11.6 Å². The highest BCUT2D eigenvalue weighted by atomic mass is 79.9. The summed E-state index contributed by atoms with van der Waals surface area (Å²) < 4.78 is 0. The molecule has 0 aromatic carbocycles. The molecule has 7 heavy (non-hydrogen) atoms. The third-order valence-corrected chi connectivity index (χ3v) is 1.43. The Morgan fingerprint density at radius 2 is 2.29 bits per heavy atom. The predicted molar refractivity (Wildman–Crippen MR) is 38.0 cm³/mol. The zero-order valence-electron chi connectivity index (χ0n) is 4.16. The first-order valence-corrected chi connectivity index (χ1v) is 3.86. The van der Waals surface area contributed by atoms with Crippen LogP contribution in [0.3, 0.4) is 0 Å². The molecule has 1 unspecified atom stereocenters. The molecule has 0 rings (SSSR count). The van der Waals surface area contributed by atoms with Crippen molar-refractivity contribution in [2.24, 2.45) is 0 Å². The summed E-state index contributed by atoms with van der Waals surface area (Å²) in [4.78, 5) is 0. The minimum absolute atomic E-state index is 0.0950. The molecule has 0 aromatic rings. The van der Waals surface area contributed by atoms with E-state index in [9.17, 15) is 0 Å². The molecule has 43 valence electrons. The van der Waals surface area contributed by atoms with Crippen molar-refractivity contribution in [3.05, 3.63) is 6.92 Å². The number of rotatable bonds is 3. The first-order chi connectivity index (χ1) is 3.27. The lowest BCUT2D eigenvalue weighted by Gasteiger charge is -1.95. The van der Waals surface area contributed by atoms with Gasteiger partial charge in [0.15, 0.2) is 0 Å². The maximum absolute atomic E-state index is 5.52. The lowest BCUT2D eigenvalue weighted by molar-refractivity contribution is 0.831. The minimum atomic E-state index is 0.0950. The highest BCUT2D eigenvalue weighted by molar-refractivity contribution is 9.09. The summed E-state index contributed by atoms with van der Waals surface area (Å²) in [7, 11) is 0. The van der Waals surface area contributed by atoms with Crippen molar-refractivity contribution >= 4 is 27.5 Å². The summed E-state index contributed by atoms with van der Waals surface area (Å²) in [6.45, 7) is 3.62. The van der Waals surface area contributed by atoms with Gasteiger partial charge in [-0.25, -0.2) is 0 Å². The monoisotopic (exact) mass is 183 g/mol. The number of hydrogen-bond acceptors (Lipinski definition) is 0. The van der Waals surface area contributed by atoms with E-state index < -0.39 is 0 Å². The largest absolute Gasteiger partial charge is 0.123 e. The zero-order valence-corrected chi connectivity index (χ0v) is 6.50.